The Morgan fingerprint density at radius 3 is 2.61 bits per heavy atom. The van der Waals surface area contributed by atoms with E-state index in [1.807, 2.05) is 6.92 Å². The summed E-state index contributed by atoms with van der Waals surface area (Å²) >= 11 is 1.14. The molecule has 0 aliphatic rings. The number of amides is 1. The van der Waals surface area contributed by atoms with Gasteiger partial charge in [0.1, 0.15) is 10.0 Å². The van der Waals surface area contributed by atoms with Gasteiger partial charge in [0.25, 0.3) is 5.91 Å². The molecular weight excluding hydrogens is 439 g/mol. The van der Waals surface area contributed by atoms with Gasteiger partial charge in [-0.2, -0.15) is 5.10 Å². The third-order valence-corrected chi connectivity index (χ3v) is 7.68. The minimum atomic E-state index is -3.30. The highest BCUT2D eigenvalue weighted by molar-refractivity contribution is 7.92. The van der Waals surface area contributed by atoms with Crippen LogP contribution in [0, 0.1) is 5.82 Å². The van der Waals surface area contributed by atoms with Crippen LogP contribution in [-0.2, 0) is 9.84 Å². The molecule has 0 unspecified atom stereocenters. The molecule has 10 heteroatoms. The number of hydrogen-bond acceptors (Lipinski definition) is 6. The predicted octanol–water partition coefficient (Wildman–Crippen LogP) is 3.91. The molecule has 1 aromatic carbocycles. The lowest BCUT2D eigenvalue weighted by Gasteiger charge is -2.16. The van der Waals surface area contributed by atoms with Crippen LogP contribution in [0.15, 0.2) is 58.5 Å². The summed E-state index contributed by atoms with van der Waals surface area (Å²) in [6.07, 6.45) is 6.38. The van der Waals surface area contributed by atoms with Crippen LogP contribution in [0.1, 0.15) is 35.3 Å². The van der Waals surface area contributed by atoms with Crippen molar-refractivity contribution in [1.82, 2.24) is 20.1 Å². The zero-order chi connectivity index (χ0) is 22.2. The average Bonchev–Trinajstić information content (AvgIpc) is 3.39. The number of rotatable bonds is 6. The molecule has 1 N–H and O–H groups in total. The van der Waals surface area contributed by atoms with Crippen molar-refractivity contribution >= 4 is 38.0 Å². The van der Waals surface area contributed by atoms with Crippen molar-refractivity contribution in [2.45, 2.75) is 23.6 Å². The van der Waals surface area contributed by atoms with E-state index in [1.54, 1.807) is 40.7 Å². The van der Waals surface area contributed by atoms with Crippen LogP contribution in [0.4, 0.5) is 4.39 Å². The van der Waals surface area contributed by atoms with Crippen molar-refractivity contribution in [2.75, 3.05) is 6.26 Å². The molecule has 4 aromatic rings. The van der Waals surface area contributed by atoms with Gasteiger partial charge >= 0.3 is 0 Å². The molecule has 0 aliphatic carbocycles. The van der Waals surface area contributed by atoms with Gasteiger partial charge in [-0.15, -0.1) is 11.3 Å². The predicted molar refractivity (Wildman–Crippen MR) is 117 cm³/mol. The largest absolute Gasteiger partial charge is 0.345 e. The Morgan fingerprint density at radius 1 is 1.23 bits per heavy atom. The number of hydrogen-bond donors (Lipinski definition) is 1. The monoisotopic (exact) mass is 458 g/mol. The van der Waals surface area contributed by atoms with Crippen LogP contribution in [0.25, 0.3) is 16.6 Å². The standard InChI is InChI=1S/C21H19FN4O3S2/c1-3-18(13-8-20(30-12-13)31(2,28)29)25-21(27)17-9-23-11-19-16(17)10-24-26(19)15-6-4-14(22)5-7-15/h4-12,18H,3H2,1-2H3,(H,25,27)/t18-/m0/s1. The Labute approximate surface area is 182 Å². The van der Waals surface area contributed by atoms with Crippen LogP contribution in [0.5, 0.6) is 0 Å². The Hall–Kier alpha value is -3.11. The van der Waals surface area contributed by atoms with E-state index in [4.69, 9.17) is 0 Å². The number of carbonyl (C=O) groups excluding carboxylic acids is 1. The van der Waals surface area contributed by atoms with E-state index in [9.17, 15) is 17.6 Å². The van der Waals surface area contributed by atoms with Crippen molar-refractivity contribution in [3.05, 3.63) is 71.2 Å². The Bertz CT molecular complexity index is 1360. The first kappa shape index (κ1) is 21.1. The normalized spacial score (nSPS) is 12.7. The second-order valence-corrected chi connectivity index (χ2v) is 10.2. The molecule has 0 saturated heterocycles. The van der Waals surface area contributed by atoms with Gasteiger partial charge in [0.15, 0.2) is 9.84 Å². The molecule has 1 atom stereocenters. The summed E-state index contributed by atoms with van der Waals surface area (Å²) in [6.45, 7) is 1.91. The molecule has 3 heterocycles. The SMILES string of the molecule is CC[C@H](NC(=O)c1cncc2c1cnn2-c1ccc(F)cc1)c1csc(S(C)(=O)=O)c1. The highest BCUT2D eigenvalue weighted by Crippen LogP contribution is 2.27. The van der Waals surface area contributed by atoms with Crippen molar-refractivity contribution in [2.24, 2.45) is 0 Å². The van der Waals surface area contributed by atoms with E-state index >= 15 is 0 Å². The molecule has 0 aliphatic heterocycles. The lowest BCUT2D eigenvalue weighted by molar-refractivity contribution is 0.0937. The van der Waals surface area contributed by atoms with E-state index in [1.165, 1.54) is 18.3 Å². The third kappa shape index (κ3) is 4.21. The Kier molecular flexibility index (Phi) is 5.59. The molecular formula is C21H19FN4O3S2. The van der Waals surface area contributed by atoms with Crippen molar-refractivity contribution < 1.29 is 17.6 Å². The van der Waals surface area contributed by atoms with Crippen LogP contribution < -0.4 is 5.32 Å². The van der Waals surface area contributed by atoms with Gasteiger partial charge in [-0.05, 0) is 47.7 Å². The molecule has 0 fully saturated rings. The average molecular weight is 459 g/mol. The number of halogens is 1. The number of sulfone groups is 1. The molecule has 4 rings (SSSR count). The van der Waals surface area contributed by atoms with E-state index < -0.39 is 9.84 Å². The molecule has 31 heavy (non-hydrogen) atoms. The van der Waals surface area contributed by atoms with E-state index in [0.717, 1.165) is 23.2 Å². The van der Waals surface area contributed by atoms with Gasteiger partial charge in [-0.3, -0.25) is 9.78 Å². The first-order valence-electron chi connectivity index (χ1n) is 9.45. The molecule has 0 spiro atoms. The number of nitrogens with zero attached hydrogens (tertiary/aromatic N) is 3. The van der Waals surface area contributed by atoms with E-state index in [-0.39, 0.29) is 22.0 Å². The number of pyridine rings is 1. The molecule has 0 saturated carbocycles. The molecule has 7 nitrogen and oxygen atoms in total. The number of fused-ring (bicyclic) bond motifs is 1. The fourth-order valence-electron chi connectivity index (χ4n) is 3.28. The minimum Gasteiger partial charge on any atom is -0.345 e. The van der Waals surface area contributed by atoms with E-state index in [0.29, 0.717) is 28.6 Å². The summed E-state index contributed by atoms with van der Waals surface area (Å²) in [4.78, 5) is 17.2. The summed E-state index contributed by atoms with van der Waals surface area (Å²) in [5, 5.41) is 9.65. The van der Waals surface area contributed by atoms with Crippen LogP contribution in [0.3, 0.4) is 0 Å². The molecule has 0 bridgehead atoms. The van der Waals surface area contributed by atoms with Crippen molar-refractivity contribution in [3.8, 4) is 5.69 Å². The number of nitrogens with one attached hydrogen (secondary N) is 1. The fraction of sp³-hybridized carbons (Fsp3) is 0.190. The summed E-state index contributed by atoms with van der Waals surface area (Å²) in [7, 11) is -3.30. The number of benzene rings is 1. The Balaban J connectivity index is 1.64. The van der Waals surface area contributed by atoms with Crippen molar-refractivity contribution in [3.63, 3.8) is 0 Å². The van der Waals surface area contributed by atoms with Crippen molar-refractivity contribution in [1.29, 1.82) is 0 Å². The van der Waals surface area contributed by atoms with Gasteiger partial charge in [0.05, 0.1) is 35.2 Å². The molecule has 1 amide bonds. The smallest absolute Gasteiger partial charge is 0.254 e. The lowest BCUT2D eigenvalue weighted by atomic mass is 10.1. The van der Waals surface area contributed by atoms with Gasteiger partial charge in [0.2, 0.25) is 0 Å². The minimum absolute atomic E-state index is 0.263. The highest BCUT2D eigenvalue weighted by atomic mass is 32.2. The maximum absolute atomic E-state index is 13.2. The third-order valence-electron chi connectivity index (χ3n) is 4.89. The quantitative estimate of drug-likeness (QED) is 0.473. The molecule has 160 valence electrons. The second-order valence-electron chi connectivity index (χ2n) is 7.06. The van der Waals surface area contributed by atoms with Gasteiger partial charge in [-0.25, -0.2) is 17.5 Å². The van der Waals surface area contributed by atoms with Gasteiger partial charge < -0.3 is 5.32 Å². The zero-order valence-electron chi connectivity index (χ0n) is 16.7. The fourth-order valence-corrected chi connectivity index (χ4v) is 5.16. The molecule has 3 aromatic heterocycles. The van der Waals surface area contributed by atoms with Gasteiger partial charge in [-0.1, -0.05) is 6.92 Å². The van der Waals surface area contributed by atoms with Crippen LogP contribution >= 0.6 is 11.3 Å². The highest BCUT2D eigenvalue weighted by Gasteiger charge is 2.21. The molecule has 0 radical (unpaired) electrons. The van der Waals surface area contributed by atoms with Gasteiger partial charge in [0, 0.05) is 17.8 Å². The summed E-state index contributed by atoms with van der Waals surface area (Å²) in [5.74, 6) is -0.688. The first-order chi connectivity index (χ1) is 14.8. The maximum atomic E-state index is 13.2. The number of aromatic nitrogens is 3. The summed E-state index contributed by atoms with van der Waals surface area (Å²) < 4.78 is 38.6. The topological polar surface area (TPSA) is 93.9 Å². The number of thiophene rings is 1. The Morgan fingerprint density at radius 2 is 1.97 bits per heavy atom. The first-order valence-corrected chi connectivity index (χ1v) is 12.2. The van der Waals surface area contributed by atoms with Crippen LogP contribution in [-0.4, -0.2) is 35.3 Å². The van der Waals surface area contributed by atoms with Crippen LogP contribution in [0.2, 0.25) is 0 Å². The zero-order valence-corrected chi connectivity index (χ0v) is 18.4. The maximum Gasteiger partial charge on any atom is 0.254 e. The van der Waals surface area contributed by atoms with E-state index in [2.05, 4.69) is 15.4 Å². The number of carbonyl (C=O) groups is 1. The summed E-state index contributed by atoms with van der Waals surface area (Å²) in [6, 6.07) is 7.12. The second kappa shape index (κ2) is 8.20. The lowest BCUT2D eigenvalue weighted by Crippen LogP contribution is -2.28. The summed E-state index contributed by atoms with van der Waals surface area (Å²) in [5.41, 5.74) is 2.35.